The van der Waals surface area contributed by atoms with Gasteiger partial charge in [-0.2, -0.15) is 0 Å². The SMILES string of the molecule is CN(CC1CCCCC1)CC1CCNCC1.Cl. The molecule has 2 fully saturated rings. The molecule has 17 heavy (non-hydrogen) atoms. The van der Waals surface area contributed by atoms with Gasteiger partial charge in [0.15, 0.2) is 0 Å². The molecule has 0 atom stereocenters. The Labute approximate surface area is 113 Å². The van der Waals surface area contributed by atoms with Gasteiger partial charge in [-0.15, -0.1) is 12.4 Å². The molecule has 0 aromatic carbocycles. The molecule has 0 amide bonds. The lowest BCUT2D eigenvalue weighted by molar-refractivity contribution is 0.191. The smallest absolute Gasteiger partial charge is 0.000767 e. The van der Waals surface area contributed by atoms with Gasteiger partial charge in [-0.05, 0) is 57.7 Å². The Kier molecular flexibility index (Phi) is 7.49. The van der Waals surface area contributed by atoms with Crippen molar-refractivity contribution in [1.82, 2.24) is 10.2 Å². The lowest BCUT2D eigenvalue weighted by Gasteiger charge is -2.31. The largest absolute Gasteiger partial charge is 0.317 e. The Morgan fingerprint density at radius 1 is 0.882 bits per heavy atom. The molecule has 0 aromatic heterocycles. The van der Waals surface area contributed by atoms with Crippen molar-refractivity contribution in [2.75, 3.05) is 33.2 Å². The number of nitrogens with one attached hydrogen (secondary N) is 1. The third-order valence-electron chi connectivity index (χ3n) is 4.32. The molecule has 1 saturated carbocycles. The topological polar surface area (TPSA) is 15.3 Å². The minimum Gasteiger partial charge on any atom is -0.317 e. The second-order valence-electron chi connectivity index (χ2n) is 5.92. The summed E-state index contributed by atoms with van der Waals surface area (Å²) in [5.41, 5.74) is 0. The summed E-state index contributed by atoms with van der Waals surface area (Å²) in [4.78, 5) is 2.60. The normalized spacial score (nSPS) is 23.6. The highest BCUT2D eigenvalue weighted by atomic mass is 35.5. The van der Waals surface area contributed by atoms with E-state index in [1.54, 1.807) is 0 Å². The van der Waals surface area contributed by atoms with Gasteiger partial charge in [0.2, 0.25) is 0 Å². The van der Waals surface area contributed by atoms with E-state index in [0.717, 1.165) is 11.8 Å². The number of nitrogens with zero attached hydrogens (tertiary/aromatic N) is 1. The van der Waals surface area contributed by atoms with Crippen molar-refractivity contribution in [3.63, 3.8) is 0 Å². The minimum atomic E-state index is 0. The minimum absolute atomic E-state index is 0. The van der Waals surface area contributed by atoms with Gasteiger partial charge >= 0.3 is 0 Å². The maximum atomic E-state index is 3.45. The average molecular weight is 261 g/mol. The molecular formula is C14H29ClN2. The van der Waals surface area contributed by atoms with Crippen molar-refractivity contribution in [3.8, 4) is 0 Å². The van der Waals surface area contributed by atoms with E-state index in [0.29, 0.717) is 0 Å². The molecule has 1 N–H and O–H groups in total. The molecular weight excluding hydrogens is 232 g/mol. The summed E-state index contributed by atoms with van der Waals surface area (Å²) < 4.78 is 0. The Balaban J connectivity index is 0.00000144. The third-order valence-corrected chi connectivity index (χ3v) is 4.32. The molecule has 0 radical (unpaired) electrons. The summed E-state index contributed by atoms with van der Waals surface area (Å²) in [5.74, 6) is 1.95. The van der Waals surface area contributed by atoms with Gasteiger partial charge in [-0.25, -0.2) is 0 Å². The van der Waals surface area contributed by atoms with Crippen molar-refractivity contribution in [3.05, 3.63) is 0 Å². The van der Waals surface area contributed by atoms with Crippen molar-refractivity contribution in [2.45, 2.75) is 44.9 Å². The zero-order chi connectivity index (χ0) is 11.2. The van der Waals surface area contributed by atoms with E-state index >= 15 is 0 Å². The Bertz CT molecular complexity index is 167. The number of rotatable bonds is 4. The first kappa shape index (κ1) is 15.3. The van der Waals surface area contributed by atoms with Crippen molar-refractivity contribution >= 4 is 12.4 Å². The predicted molar refractivity (Wildman–Crippen MR) is 76.9 cm³/mol. The molecule has 0 bridgehead atoms. The van der Waals surface area contributed by atoms with Gasteiger partial charge in [-0.3, -0.25) is 0 Å². The van der Waals surface area contributed by atoms with Crippen molar-refractivity contribution in [2.24, 2.45) is 11.8 Å². The molecule has 0 spiro atoms. The maximum Gasteiger partial charge on any atom is 0.000767 e. The molecule has 3 heteroatoms. The van der Waals surface area contributed by atoms with Crippen LogP contribution in [-0.4, -0.2) is 38.1 Å². The van der Waals surface area contributed by atoms with Gasteiger partial charge in [-0.1, -0.05) is 19.3 Å². The van der Waals surface area contributed by atoms with E-state index in [9.17, 15) is 0 Å². The van der Waals surface area contributed by atoms with Crippen LogP contribution in [0.1, 0.15) is 44.9 Å². The molecule has 2 rings (SSSR count). The monoisotopic (exact) mass is 260 g/mol. The zero-order valence-corrected chi connectivity index (χ0v) is 12.1. The molecule has 2 nitrogen and oxygen atoms in total. The van der Waals surface area contributed by atoms with Crippen molar-refractivity contribution < 1.29 is 0 Å². The van der Waals surface area contributed by atoms with Crippen LogP contribution in [0.3, 0.4) is 0 Å². The highest BCUT2D eigenvalue weighted by Gasteiger charge is 2.18. The number of halogens is 1. The quantitative estimate of drug-likeness (QED) is 0.836. The van der Waals surface area contributed by atoms with E-state index < -0.39 is 0 Å². The third kappa shape index (κ3) is 5.58. The number of piperidine rings is 1. The molecule has 0 aromatic rings. The molecule has 1 heterocycles. The van der Waals surface area contributed by atoms with Gasteiger partial charge in [0.25, 0.3) is 0 Å². The maximum absolute atomic E-state index is 3.45. The van der Waals surface area contributed by atoms with Crippen LogP contribution in [0.25, 0.3) is 0 Å². The summed E-state index contributed by atoms with van der Waals surface area (Å²) in [5, 5.41) is 3.45. The average Bonchev–Trinajstić information content (AvgIpc) is 2.31. The summed E-state index contributed by atoms with van der Waals surface area (Å²) in [6.07, 6.45) is 10.2. The summed E-state index contributed by atoms with van der Waals surface area (Å²) >= 11 is 0. The van der Waals surface area contributed by atoms with E-state index in [4.69, 9.17) is 0 Å². The van der Waals surface area contributed by atoms with Crippen LogP contribution >= 0.6 is 12.4 Å². The fraction of sp³-hybridized carbons (Fsp3) is 1.00. The van der Waals surface area contributed by atoms with Crippen LogP contribution in [-0.2, 0) is 0 Å². The van der Waals surface area contributed by atoms with Crippen LogP contribution in [0.5, 0.6) is 0 Å². The van der Waals surface area contributed by atoms with Gasteiger partial charge in [0.05, 0.1) is 0 Å². The first-order valence-corrected chi connectivity index (χ1v) is 7.24. The molecule has 1 aliphatic heterocycles. The van der Waals surface area contributed by atoms with E-state index in [1.165, 1.54) is 71.1 Å². The second-order valence-corrected chi connectivity index (χ2v) is 5.92. The first-order chi connectivity index (χ1) is 7.84. The summed E-state index contributed by atoms with van der Waals surface area (Å²) in [6.45, 7) is 5.16. The lowest BCUT2D eigenvalue weighted by atomic mass is 9.88. The van der Waals surface area contributed by atoms with E-state index in [1.807, 2.05) is 0 Å². The number of hydrogen-bond acceptors (Lipinski definition) is 2. The molecule has 1 saturated heterocycles. The standard InChI is InChI=1S/C14H28N2.ClH/c1-16(11-13-5-3-2-4-6-13)12-14-7-9-15-10-8-14;/h13-15H,2-12H2,1H3;1H. The van der Waals surface area contributed by atoms with E-state index in [-0.39, 0.29) is 12.4 Å². The molecule has 2 aliphatic rings. The predicted octanol–water partition coefficient (Wildman–Crippen LogP) is 2.92. The van der Waals surface area contributed by atoms with Crippen LogP contribution in [0.15, 0.2) is 0 Å². The Morgan fingerprint density at radius 3 is 2.00 bits per heavy atom. The number of hydrogen-bond donors (Lipinski definition) is 1. The molecule has 102 valence electrons. The molecule has 1 aliphatic carbocycles. The van der Waals surface area contributed by atoms with Gasteiger partial charge in [0, 0.05) is 13.1 Å². The zero-order valence-electron chi connectivity index (χ0n) is 11.3. The Morgan fingerprint density at radius 2 is 1.41 bits per heavy atom. The first-order valence-electron chi connectivity index (χ1n) is 7.24. The summed E-state index contributed by atoms with van der Waals surface area (Å²) in [7, 11) is 2.33. The Hall–Kier alpha value is 0.210. The molecule has 0 unspecified atom stereocenters. The van der Waals surface area contributed by atoms with Crippen LogP contribution < -0.4 is 5.32 Å². The van der Waals surface area contributed by atoms with Gasteiger partial charge in [0.1, 0.15) is 0 Å². The van der Waals surface area contributed by atoms with Gasteiger partial charge < -0.3 is 10.2 Å². The van der Waals surface area contributed by atoms with Crippen molar-refractivity contribution in [1.29, 1.82) is 0 Å². The fourth-order valence-electron chi connectivity index (χ4n) is 3.39. The van der Waals surface area contributed by atoms with Crippen LogP contribution in [0.2, 0.25) is 0 Å². The highest BCUT2D eigenvalue weighted by molar-refractivity contribution is 5.85. The van der Waals surface area contributed by atoms with Crippen LogP contribution in [0.4, 0.5) is 0 Å². The second kappa shape index (κ2) is 8.34. The lowest BCUT2D eigenvalue weighted by Crippen LogP contribution is -2.36. The van der Waals surface area contributed by atoms with Crippen LogP contribution in [0, 0.1) is 11.8 Å². The summed E-state index contributed by atoms with van der Waals surface area (Å²) in [6, 6.07) is 0. The highest BCUT2D eigenvalue weighted by Crippen LogP contribution is 2.24. The fourth-order valence-corrected chi connectivity index (χ4v) is 3.39. The van der Waals surface area contributed by atoms with E-state index in [2.05, 4.69) is 17.3 Å².